The molecule has 1 aliphatic rings. The van der Waals surface area contributed by atoms with Gasteiger partial charge >= 0.3 is 18.0 Å². The Morgan fingerprint density at radius 1 is 0.776 bits per heavy atom. The number of benzene rings is 3. The van der Waals surface area contributed by atoms with Gasteiger partial charge in [-0.3, -0.25) is 14.4 Å². The largest absolute Gasteiger partial charge is 0.460 e. The Kier molecular flexibility index (Phi) is 10.6. The van der Waals surface area contributed by atoms with Crippen molar-refractivity contribution >= 4 is 81.2 Å². The topological polar surface area (TPSA) is 63.2 Å². The molecule has 0 bridgehead atoms. The van der Waals surface area contributed by atoms with Crippen LogP contribution >= 0.6 is 58.0 Å². The number of rotatable bonds is 10. The molecule has 0 radical (unpaired) electrons. The van der Waals surface area contributed by atoms with E-state index in [0.29, 0.717) is 12.1 Å². The third-order valence-corrected chi connectivity index (χ3v) is 9.49. The SMILES string of the molecule is O=C(Cc1c(F)ccc(CC(=O)C(F)(F)C(F)(F)C(F)(F)F)c1F)c1cc(NC(=O)[C@H]2[C@H](c3cc(Cl)c(Cl)c(Cl)c3)C2(Cl)Cl)cc(F)c1F. The first-order chi connectivity index (χ1) is 22.3. The molecular weight excluding hydrogens is 797 g/mol. The van der Waals surface area contributed by atoms with Crippen LogP contribution in [0.5, 0.6) is 0 Å². The van der Waals surface area contributed by atoms with Crippen LogP contribution in [0.1, 0.15) is 33.0 Å². The van der Waals surface area contributed by atoms with Crippen molar-refractivity contribution in [1.29, 1.82) is 0 Å². The molecule has 0 aliphatic heterocycles. The molecule has 3 aromatic rings. The van der Waals surface area contributed by atoms with E-state index in [4.69, 9.17) is 58.0 Å². The van der Waals surface area contributed by atoms with Crippen LogP contribution in [0.15, 0.2) is 36.4 Å². The van der Waals surface area contributed by atoms with Crippen LogP contribution in [0.2, 0.25) is 15.1 Å². The lowest BCUT2D eigenvalue weighted by atomic mass is 9.95. The minimum absolute atomic E-state index is 0.00502. The maximum Gasteiger partial charge on any atom is 0.460 e. The van der Waals surface area contributed by atoms with E-state index in [-0.39, 0.29) is 32.8 Å². The van der Waals surface area contributed by atoms with E-state index in [1.54, 1.807) is 0 Å². The average molecular weight is 810 g/mol. The maximum atomic E-state index is 15.1. The van der Waals surface area contributed by atoms with Crippen molar-refractivity contribution in [3.8, 4) is 0 Å². The molecule has 0 saturated heterocycles. The fraction of sp³-hybridized carbons (Fsp3) is 0.276. The summed E-state index contributed by atoms with van der Waals surface area (Å²) in [5.41, 5.74) is -4.21. The summed E-state index contributed by atoms with van der Waals surface area (Å²) in [6.45, 7) is 0. The van der Waals surface area contributed by atoms with Crippen molar-refractivity contribution in [1.82, 2.24) is 0 Å². The Morgan fingerprint density at radius 3 is 1.90 bits per heavy atom. The van der Waals surface area contributed by atoms with E-state index in [1.807, 2.05) is 0 Å². The molecule has 1 fully saturated rings. The van der Waals surface area contributed by atoms with Crippen molar-refractivity contribution < 1.29 is 62.7 Å². The summed E-state index contributed by atoms with van der Waals surface area (Å²) < 4.78 is 148. The van der Waals surface area contributed by atoms with Gasteiger partial charge in [0.1, 0.15) is 16.0 Å². The van der Waals surface area contributed by atoms with Gasteiger partial charge in [0.15, 0.2) is 17.4 Å². The summed E-state index contributed by atoms with van der Waals surface area (Å²) in [6, 6.07) is 4.16. The van der Waals surface area contributed by atoms with Crippen molar-refractivity contribution in [3.05, 3.63) is 97.0 Å². The summed E-state index contributed by atoms with van der Waals surface area (Å²) >= 11 is 30.5. The molecule has 0 spiro atoms. The minimum Gasteiger partial charge on any atom is -0.326 e. The highest BCUT2D eigenvalue weighted by Crippen LogP contribution is 2.65. The summed E-state index contributed by atoms with van der Waals surface area (Å²) in [5, 5.41) is 2.14. The molecule has 0 unspecified atom stereocenters. The lowest BCUT2D eigenvalue weighted by Crippen LogP contribution is -2.56. The summed E-state index contributed by atoms with van der Waals surface area (Å²) in [5.74, 6) is -28.4. The van der Waals surface area contributed by atoms with E-state index < -0.39 is 110 Å². The average Bonchev–Trinajstić information content (AvgIpc) is 3.57. The van der Waals surface area contributed by atoms with Gasteiger partial charge in [-0.1, -0.05) is 40.9 Å². The van der Waals surface area contributed by atoms with Gasteiger partial charge in [-0.05, 0) is 35.4 Å². The maximum absolute atomic E-state index is 15.1. The predicted octanol–water partition coefficient (Wildman–Crippen LogP) is 10.1. The van der Waals surface area contributed by atoms with Crippen LogP contribution in [0.4, 0.5) is 54.0 Å². The number of Topliss-reactive ketones (excluding diaryl/α,β-unsaturated/α-hetero) is 2. The normalized spacial score (nSPS) is 17.6. The number of carbonyl (C=O) groups is 3. The molecule has 20 heteroatoms. The molecular formula is C29H13Cl5F11NO3. The first-order valence-electron chi connectivity index (χ1n) is 13.0. The molecule has 4 nitrogen and oxygen atoms in total. The third-order valence-electron chi connectivity index (χ3n) is 7.35. The Balaban J connectivity index is 1.57. The predicted molar refractivity (Wildman–Crippen MR) is 156 cm³/mol. The Hall–Kier alpha value is -2.85. The third kappa shape index (κ3) is 7.19. The van der Waals surface area contributed by atoms with Crippen LogP contribution in [0, 0.1) is 29.2 Å². The Bertz CT molecular complexity index is 1860. The number of amides is 1. The highest BCUT2D eigenvalue weighted by atomic mass is 35.5. The summed E-state index contributed by atoms with van der Waals surface area (Å²) in [6.07, 6.45) is -10.5. The van der Waals surface area contributed by atoms with Gasteiger partial charge in [0.05, 0.1) is 26.5 Å². The van der Waals surface area contributed by atoms with E-state index in [0.717, 1.165) is 0 Å². The van der Waals surface area contributed by atoms with Crippen LogP contribution in [0.3, 0.4) is 0 Å². The molecule has 2 atom stereocenters. The van der Waals surface area contributed by atoms with Crippen LogP contribution in [-0.2, 0) is 22.4 Å². The highest BCUT2D eigenvalue weighted by Gasteiger charge is 2.75. The molecule has 4 rings (SSSR count). The molecule has 1 aliphatic carbocycles. The fourth-order valence-electron chi connectivity index (χ4n) is 4.74. The fourth-order valence-corrected chi connectivity index (χ4v) is 6.19. The number of alkyl halides is 9. The molecule has 1 N–H and O–H groups in total. The smallest absolute Gasteiger partial charge is 0.326 e. The van der Waals surface area contributed by atoms with Crippen molar-refractivity contribution in [2.75, 3.05) is 5.32 Å². The van der Waals surface area contributed by atoms with E-state index in [9.17, 15) is 58.3 Å². The van der Waals surface area contributed by atoms with Gasteiger partial charge in [-0.2, -0.15) is 30.7 Å². The molecule has 1 amide bonds. The zero-order chi connectivity index (χ0) is 37.2. The molecule has 1 saturated carbocycles. The number of halogens is 16. The van der Waals surface area contributed by atoms with E-state index >= 15 is 4.39 Å². The number of nitrogens with one attached hydrogen (secondary N) is 1. The first-order valence-corrected chi connectivity index (χ1v) is 14.9. The molecule has 264 valence electrons. The molecule has 0 aromatic heterocycles. The van der Waals surface area contributed by atoms with Gasteiger partial charge in [0.2, 0.25) is 11.7 Å². The molecule has 49 heavy (non-hydrogen) atoms. The minimum atomic E-state index is -6.88. The van der Waals surface area contributed by atoms with Crippen LogP contribution in [0.25, 0.3) is 0 Å². The highest BCUT2D eigenvalue weighted by molar-refractivity contribution is 6.54. The van der Waals surface area contributed by atoms with E-state index in [1.165, 1.54) is 12.1 Å². The zero-order valence-electron chi connectivity index (χ0n) is 23.3. The molecule has 0 heterocycles. The number of anilines is 1. The second-order valence-electron chi connectivity index (χ2n) is 10.6. The lowest BCUT2D eigenvalue weighted by molar-refractivity contribution is -0.343. The van der Waals surface area contributed by atoms with Crippen molar-refractivity contribution in [3.63, 3.8) is 0 Å². The van der Waals surface area contributed by atoms with Crippen LogP contribution in [-0.4, -0.2) is 39.8 Å². The van der Waals surface area contributed by atoms with E-state index in [2.05, 4.69) is 5.32 Å². The first kappa shape index (κ1) is 38.9. The summed E-state index contributed by atoms with van der Waals surface area (Å²) in [4.78, 5) is 37.7. The number of hydrogen-bond acceptors (Lipinski definition) is 3. The number of hydrogen-bond donors (Lipinski definition) is 1. The zero-order valence-corrected chi connectivity index (χ0v) is 27.1. The number of carbonyl (C=O) groups excluding carboxylic acids is 3. The quantitative estimate of drug-likeness (QED) is 0.0961. The Morgan fingerprint density at radius 2 is 1.35 bits per heavy atom. The summed E-state index contributed by atoms with van der Waals surface area (Å²) in [7, 11) is 0. The second kappa shape index (κ2) is 13.4. The van der Waals surface area contributed by atoms with Crippen LogP contribution < -0.4 is 5.32 Å². The molecule has 3 aromatic carbocycles. The Labute approximate surface area is 292 Å². The van der Waals surface area contributed by atoms with Gasteiger partial charge in [0.25, 0.3) is 0 Å². The van der Waals surface area contributed by atoms with Gasteiger partial charge in [-0.25, -0.2) is 17.6 Å². The van der Waals surface area contributed by atoms with Gasteiger partial charge in [0, 0.05) is 36.1 Å². The number of ketones is 2. The lowest BCUT2D eigenvalue weighted by Gasteiger charge is -2.27. The standard InChI is InChI=1S/C29H13Cl5F11NO3/c30-14-3-10(4-15(31)22(14)32)20-21(26(20,33)34)25(49)46-11-6-13(24(38)17(36)7-11)18(47)8-12-16(35)2-1-9(23(12)37)5-19(48)27(39,40)28(41,42)29(43,44)45/h1-4,6-7,20-21H,5,8H2,(H,46,49)/t20-,21+/m0/s1. The van der Waals surface area contributed by atoms with Crippen molar-refractivity contribution in [2.24, 2.45) is 5.92 Å². The monoisotopic (exact) mass is 807 g/mol. The van der Waals surface area contributed by atoms with Crippen molar-refractivity contribution in [2.45, 2.75) is 41.1 Å². The second-order valence-corrected chi connectivity index (χ2v) is 13.2. The van der Waals surface area contributed by atoms with Gasteiger partial charge in [-0.15, -0.1) is 23.2 Å². The van der Waals surface area contributed by atoms with Gasteiger partial charge < -0.3 is 5.32 Å².